The van der Waals surface area contributed by atoms with Gasteiger partial charge in [0.25, 0.3) is 10.0 Å². The van der Waals surface area contributed by atoms with Crippen LogP contribution in [0.4, 0.5) is 0 Å². The van der Waals surface area contributed by atoms with Gasteiger partial charge in [0.1, 0.15) is 0 Å². The highest BCUT2D eigenvalue weighted by atomic mass is 35.5. The highest BCUT2D eigenvalue weighted by Crippen LogP contribution is 2.24. The van der Waals surface area contributed by atoms with Gasteiger partial charge in [-0.2, -0.15) is 0 Å². The zero-order valence-corrected chi connectivity index (χ0v) is 15.7. The van der Waals surface area contributed by atoms with Crippen molar-refractivity contribution in [2.75, 3.05) is 0 Å². The van der Waals surface area contributed by atoms with E-state index < -0.39 is 10.0 Å². The molecule has 0 fully saturated rings. The van der Waals surface area contributed by atoms with Crippen molar-refractivity contribution in [3.05, 3.63) is 107 Å². The normalized spacial score (nSPS) is 11.8. The third-order valence-corrected chi connectivity index (χ3v) is 5.51. The Kier molecular flexibility index (Phi) is 5.74. The summed E-state index contributed by atoms with van der Waals surface area (Å²) in [6.45, 7) is 0. The number of rotatable bonds is 6. The minimum Gasteiger partial charge on any atom is -0.288 e. The molecule has 3 aromatic carbocycles. The number of Topliss-reactive ketones (excluding diaryl/α,β-unsaturated/α-hetero) is 1. The van der Waals surface area contributed by atoms with Gasteiger partial charge in [0.15, 0.2) is 5.78 Å². The van der Waals surface area contributed by atoms with E-state index >= 15 is 0 Å². The lowest BCUT2D eigenvalue weighted by Gasteiger charge is -2.10. The second-order valence-electron chi connectivity index (χ2n) is 5.67. The zero-order valence-electron chi connectivity index (χ0n) is 14.2. The Hall–Kier alpha value is -2.89. The van der Waals surface area contributed by atoms with Gasteiger partial charge in [-0.15, -0.1) is 0 Å². The Morgan fingerprint density at radius 2 is 1.37 bits per heavy atom. The number of hydrogen-bond donors (Lipinski definition) is 1. The van der Waals surface area contributed by atoms with Crippen molar-refractivity contribution in [1.82, 2.24) is 4.72 Å². The van der Waals surface area contributed by atoms with Gasteiger partial charge in [0.05, 0.1) is 9.92 Å². The second-order valence-corrected chi connectivity index (χ2v) is 7.79. The van der Waals surface area contributed by atoms with E-state index in [0.717, 1.165) is 0 Å². The quantitative estimate of drug-likeness (QED) is 0.490. The highest BCUT2D eigenvalue weighted by molar-refractivity contribution is 7.89. The molecule has 6 heteroatoms. The van der Waals surface area contributed by atoms with Gasteiger partial charge in [0, 0.05) is 17.3 Å². The van der Waals surface area contributed by atoms with Crippen LogP contribution in [0.3, 0.4) is 0 Å². The maximum atomic E-state index is 13.0. The molecule has 0 radical (unpaired) electrons. The molecule has 3 rings (SSSR count). The van der Waals surface area contributed by atoms with E-state index in [9.17, 15) is 13.2 Å². The number of halogens is 1. The Balaban J connectivity index is 2.02. The van der Waals surface area contributed by atoms with Gasteiger partial charge in [-0.3, -0.25) is 9.52 Å². The van der Waals surface area contributed by atoms with Crippen molar-refractivity contribution >= 4 is 33.0 Å². The number of carbonyl (C=O) groups is 1. The Bertz CT molecular complexity index is 1080. The molecule has 27 heavy (non-hydrogen) atoms. The van der Waals surface area contributed by atoms with E-state index in [1.807, 2.05) is 6.07 Å². The summed E-state index contributed by atoms with van der Waals surface area (Å²) >= 11 is 6.15. The third-order valence-electron chi connectivity index (χ3n) is 3.86. The fourth-order valence-corrected chi connectivity index (χ4v) is 3.64. The van der Waals surface area contributed by atoms with E-state index in [-0.39, 0.29) is 16.3 Å². The van der Waals surface area contributed by atoms with Crippen molar-refractivity contribution in [3.63, 3.8) is 0 Å². The topological polar surface area (TPSA) is 63.2 Å². The van der Waals surface area contributed by atoms with Crippen LogP contribution in [0.5, 0.6) is 0 Å². The van der Waals surface area contributed by atoms with Crippen LogP contribution >= 0.6 is 11.6 Å². The SMILES string of the molecule is O=C(/C(=C/NS(=O)(=O)c1ccccc1)c1ccccc1)c1ccccc1Cl. The molecule has 0 unspecified atom stereocenters. The van der Waals surface area contributed by atoms with Crippen molar-refractivity contribution in [3.8, 4) is 0 Å². The largest absolute Gasteiger partial charge is 0.288 e. The van der Waals surface area contributed by atoms with Crippen molar-refractivity contribution in [2.24, 2.45) is 0 Å². The molecule has 0 amide bonds. The van der Waals surface area contributed by atoms with Gasteiger partial charge in [-0.25, -0.2) is 8.42 Å². The smallest absolute Gasteiger partial charge is 0.261 e. The summed E-state index contributed by atoms with van der Waals surface area (Å²) in [5.41, 5.74) is 1.08. The standard InChI is InChI=1S/C21H16ClNO3S/c22-20-14-8-7-13-18(20)21(24)19(16-9-3-1-4-10-16)15-23-27(25,26)17-11-5-2-6-12-17/h1-15,23H/b19-15+. The highest BCUT2D eigenvalue weighted by Gasteiger charge is 2.19. The zero-order chi connectivity index (χ0) is 19.3. The second kappa shape index (κ2) is 8.20. The first kappa shape index (κ1) is 18.9. The fraction of sp³-hybridized carbons (Fsp3) is 0. The molecule has 136 valence electrons. The minimum atomic E-state index is -3.80. The van der Waals surface area contributed by atoms with Crippen molar-refractivity contribution in [1.29, 1.82) is 0 Å². The first-order chi connectivity index (χ1) is 13.0. The predicted octanol–water partition coefficient (Wildman–Crippen LogP) is 4.54. The number of nitrogens with one attached hydrogen (secondary N) is 1. The van der Waals surface area contributed by atoms with E-state index in [0.29, 0.717) is 16.1 Å². The molecule has 0 aromatic heterocycles. The molecule has 0 bridgehead atoms. The molecule has 0 spiro atoms. The van der Waals surface area contributed by atoms with Gasteiger partial charge < -0.3 is 0 Å². The van der Waals surface area contributed by atoms with Crippen LogP contribution in [0, 0.1) is 0 Å². The maximum absolute atomic E-state index is 13.0. The summed E-state index contributed by atoms with van der Waals surface area (Å²) in [5, 5.41) is 0.301. The van der Waals surface area contributed by atoms with Crippen LogP contribution in [0.1, 0.15) is 15.9 Å². The van der Waals surface area contributed by atoms with Crippen molar-refractivity contribution in [2.45, 2.75) is 4.90 Å². The first-order valence-corrected chi connectivity index (χ1v) is 9.97. The van der Waals surface area contributed by atoms with Crippen LogP contribution < -0.4 is 4.72 Å². The average Bonchev–Trinajstić information content (AvgIpc) is 2.70. The summed E-state index contributed by atoms with van der Waals surface area (Å²) in [4.78, 5) is 13.1. The summed E-state index contributed by atoms with van der Waals surface area (Å²) in [7, 11) is -3.80. The van der Waals surface area contributed by atoms with Gasteiger partial charge >= 0.3 is 0 Å². The molecule has 0 saturated carbocycles. The molecule has 1 N–H and O–H groups in total. The number of benzene rings is 3. The van der Waals surface area contributed by atoms with Crippen LogP contribution in [0.2, 0.25) is 5.02 Å². The van der Waals surface area contributed by atoms with E-state index in [1.54, 1.807) is 66.7 Å². The molecule has 0 heterocycles. The first-order valence-electron chi connectivity index (χ1n) is 8.11. The molecular formula is C21H16ClNO3S. The summed E-state index contributed by atoms with van der Waals surface area (Å²) < 4.78 is 27.4. The molecule has 0 aliphatic rings. The van der Waals surface area contributed by atoms with Crippen LogP contribution in [-0.2, 0) is 10.0 Å². The summed E-state index contributed by atoms with van der Waals surface area (Å²) in [5.74, 6) is -0.373. The summed E-state index contributed by atoms with van der Waals surface area (Å²) in [6.07, 6.45) is 1.21. The lowest BCUT2D eigenvalue weighted by molar-refractivity contribution is 0.105. The van der Waals surface area contributed by atoms with Crippen LogP contribution in [0.15, 0.2) is 96.0 Å². The lowest BCUT2D eigenvalue weighted by atomic mass is 9.97. The average molecular weight is 398 g/mol. The van der Waals surface area contributed by atoms with Crippen LogP contribution in [0.25, 0.3) is 5.57 Å². The number of allylic oxidation sites excluding steroid dienone is 1. The van der Waals surface area contributed by atoms with Crippen LogP contribution in [-0.4, -0.2) is 14.2 Å². The van der Waals surface area contributed by atoms with E-state index in [1.165, 1.54) is 18.3 Å². The minimum absolute atomic E-state index is 0.110. The molecule has 0 aliphatic heterocycles. The maximum Gasteiger partial charge on any atom is 0.261 e. The number of sulfonamides is 1. The van der Waals surface area contributed by atoms with Gasteiger partial charge in [-0.05, 0) is 29.8 Å². The summed E-state index contributed by atoms with van der Waals surface area (Å²) in [6, 6.07) is 23.4. The van der Waals surface area contributed by atoms with Crippen molar-refractivity contribution < 1.29 is 13.2 Å². The van der Waals surface area contributed by atoms with E-state index in [4.69, 9.17) is 11.6 Å². The lowest BCUT2D eigenvalue weighted by Crippen LogP contribution is -2.19. The number of ketones is 1. The monoisotopic (exact) mass is 397 g/mol. The predicted molar refractivity (Wildman–Crippen MR) is 107 cm³/mol. The molecule has 4 nitrogen and oxygen atoms in total. The molecule has 0 saturated heterocycles. The molecule has 3 aromatic rings. The molecule has 0 atom stereocenters. The Morgan fingerprint density at radius 1 is 0.815 bits per heavy atom. The molecular weight excluding hydrogens is 382 g/mol. The number of carbonyl (C=O) groups excluding carboxylic acids is 1. The Labute approximate surface area is 163 Å². The third kappa shape index (κ3) is 4.45. The number of hydrogen-bond acceptors (Lipinski definition) is 3. The molecule has 0 aliphatic carbocycles. The Morgan fingerprint density at radius 3 is 2.00 bits per heavy atom. The van der Waals surface area contributed by atoms with Gasteiger partial charge in [0.2, 0.25) is 0 Å². The fourth-order valence-electron chi connectivity index (χ4n) is 2.49. The van der Waals surface area contributed by atoms with E-state index in [2.05, 4.69) is 4.72 Å². The van der Waals surface area contributed by atoms with Gasteiger partial charge in [-0.1, -0.05) is 72.3 Å².